The van der Waals surface area contributed by atoms with Gasteiger partial charge in [-0.05, 0) is 62.4 Å². The highest BCUT2D eigenvalue weighted by Crippen LogP contribution is 2.39. The molecule has 0 spiro atoms. The number of aromatic nitrogens is 16. The van der Waals surface area contributed by atoms with Crippen molar-refractivity contribution in [2.24, 2.45) is 7.05 Å². The Morgan fingerprint density at radius 1 is 0.548 bits per heavy atom. The molecule has 0 bridgehead atoms. The normalized spacial score (nSPS) is 14.2. The zero-order valence-corrected chi connectivity index (χ0v) is 40.2. The third-order valence-electron chi connectivity index (χ3n) is 13.6. The average Bonchev–Trinajstić information content (AvgIpc) is 4.31. The number of fused-ring (bicyclic) bond motifs is 4. The maximum Gasteiger partial charge on any atom is 0.157 e. The number of imidazole rings is 2. The molecular weight excluding hydrogens is 921 g/mol. The minimum Gasteiger partial charge on any atom is -0.378 e. The van der Waals surface area contributed by atoms with E-state index in [9.17, 15) is 0 Å². The van der Waals surface area contributed by atoms with E-state index in [1.807, 2.05) is 75.9 Å². The van der Waals surface area contributed by atoms with E-state index in [0.717, 1.165) is 138 Å². The Balaban J connectivity index is 0.000000141. The first kappa shape index (κ1) is 43.8. The Labute approximate surface area is 416 Å². The van der Waals surface area contributed by atoms with Crippen LogP contribution in [0.25, 0.3) is 101 Å². The van der Waals surface area contributed by atoms with Crippen molar-refractivity contribution in [3.63, 3.8) is 0 Å². The second-order valence-electron chi connectivity index (χ2n) is 18.1. The summed E-state index contributed by atoms with van der Waals surface area (Å²) in [4.78, 5) is 33.5. The number of hydrogen-bond acceptors (Lipinski definition) is 14. The van der Waals surface area contributed by atoms with E-state index in [4.69, 9.17) is 29.4 Å². The number of nitrogens with zero attached hydrogens (tertiary/aromatic N) is 15. The van der Waals surface area contributed by atoms with Crippen LogP contribution in [0.2, 0.25) is 0 Å². The molecule has 2 fully saturated rings. The Hall–Kier alpha value is -9.14. The first-order chi connectivity index (χ1) is 35.9. The van der Waals surface area contributed by atoms with E-state index in [2.05, 4.69) is 113 Å². The number of pyridine rings is 2. The van der Waals surface area contributed by atoms with Crippen molar-refractivity contribution >= 4 is 55.2 Å². The van der Waals surface area contributed by atoms with Crippen molar-refractivity contribution in [1.29, 1.82) is 0 Å². The van der Waals surface area contributed by atoms with Crippen LogP contribution in [0.5, 0.6) is 0 Å². The SMILES string of the molecule is Cc1nc2c(-c3ncn[nH]3)cc(N3CCOCC3)cc2n1-c1cc(-c2cn[nH]c2)nc2ccccc12.Cc1nc2c(-c3ncn[nH]3)cc(N3CCOCC3)cc2n1-c1cc(-c2cnn(C)c2)nc2ccccc12. The van der Waals surface area contributed by atoms with Gasteiger partial charge in [0.2, 0.25) is 0 Å². The topological polar surface area (TPSA) is 216 Å². The maximum atomic E-state index is 5.61. The second-order valence-corrected chi connectivity index (χ2v) is 18.1. The lowest BCUT2D eigenvalue weighted by Gasteiger charge is -2.29. The second kappa shape index (κ2) is 18.2. The molecule has 14 rings (SSSR count). The molecule has 0 atom stereocenters. The number of ether oxygens (including phenoxy) is 2. The summed E-state index contributed by atoms with van der Waals surface area (Å²) in [5.41, 5.74) is 15.3. The van der Waals surface area contributed by atoms with E-state index in [-0.39, 0.29) is 0 Å². The van der Waals surface area contributed by atoms with Crippen molar-refractivity contribution in [3.8, 4) is 56.7 Å². The molecule has 10 heterocycles. The highest BCUT2D eigenvalue weighted by molar-refractivity contribution is 6.00. The number of para-hydroxylation sites is 2. The van der Waals surface area contributed by atoms with Crippen LogP contribution >= 0.6 is 0 Å². The molecular formula is C53H48N18O2. The van der Waals surface area contributed by atoms with Crippen LogP contribution in [0.1, 0.15) is 11.6 Å². The lowest BCUT2D eigenvalue weighted by Crippen LogP contribution is -2.36. The van der Waals surface area contributed by atoms with E-state index >= 15 is 0 Å². The van der Waals surface area contributed by atoms with Crippen LogP contribution in [0, 0.1) is 13.8 Å². The fourth-order valence-corrected chi connectivity index (χ4v) is 10.1. The summed E-state index contributed by atoms with van der Waals surface area (Å²) in [5, 5.41) is 27.7. The van der Waals surface area contributed by atoms with Gasteiger partial charge in [0.25, 0.3) is 0 Å². The smallest absolute Gasteiger partial charge is 0.157 e. The molecule has 73 heavy (non-hydrogen) atoms. The van der Waals surface area contributed by atoms with Gasteiger partial charge in [-0.15, -0.1) is 0 Å². The van der Waals surface area contributed by atoms with Crippen LogP contribution < -0.4 is 9.80 Å². The van der Waals surface area contributed by atoms with Gasteiger partial charge < -0.3 is 19.3 Å². The quantitative estimate of drug-likeness (QED) is 0.133. The molecule has 20 nitrogen and oxygen atoms in total. The van der Waals surface area contributed by atoms with Crippen LogP contribution in [0.4, 0.5) is 11.4 Å². The molecule has 20 heteroatoms. The largest absolute Gasteiger partial charge is 0.378 e. The molecule has 0 radical (unpaired) electrons. The maximum absolute atomic E-state index is 5.61. The minimum absolute atomic E-state index is 0.693. The molecule has 2 aliphatic heterocycles. The molecule has 0 aliphatic carbocycles. The van der Waals surface area contributed by atoms with Gasteiger partial charge in [-0.3, -0.25) is 29.1 Å². The molecule has 2 saturated heterocycles. The van der Waals surface area contributed by atoms with Crippen LogP contribution in [-0.4, -0.2) is 132 Å². The number of anilines is 2. The number of benzene rings is 4. The van der Waals surface area contributed by atoms with Gasteiger partial charge in [0.1, 0.15) is 35.3 Å². The zero-order valence-electron chi connectivity index (χ0n) is 40.2. The van der Waals surface area contributed by atoms with Gasteiger partial charge in [0.15, 0.2) is 11.6 Å². The Morgan fingerprint density at radius 2 is 1.05 bits per heavy atom. The number of aryl methyl sites for hydroxylation is 3. The van der Waals surface area contributed by atoms with E-state index in [0.29, 0.717) is 38.1 Å². The summed E-state index contributed by atoms with van der Waals surface area (Å²) in [5.74, 6) is 3.14. The molecule has 0 unspecified atom stereocenters. The standard InChI is InChI=1S/C27H25N9O.C26H23N9O/c1-17-31-26-21(27-28-16-29-33-27)11-19(35-7-9-37-10-8-35)12-25(26)36(17)24-13-23(18-14-30-34(2)15-18)32-22-6-4-3-5-20(22)24;1-16-31-25-20(26-27-15-30-33-26)10-18(34-6-8-36-9-7-34)11-24(25)35(16)23-12-22(17-13-28-29-14-17)32-21-5-3-2-4-19(21)23/h3-6,11-16H,7-10H2,1-2H3,(H,28,29,33);2-5,10-15H,6-9H2,1H3,(H,28,29)(H,27,30,33). The van der Waals surface area contributed by atoms with Gasteiger partial charge in [-0.2, -0.15) is 20.4 Å². The first-order valence-corrected chi connectivity index (χ1v) is 24.1. The molecule has 0 amide bonds. The van der Waals surface area contributed by atoms with E-state index in [1.165, 1.54) is 12.7 Å². The van der Waals surface area contributed by atoms with Crippen molar-refractivity contribution in [1.82, 2.24) is 79.4 Å². The van der Waals surface area contributed by atoms with E-state index < -0.39 is 0 Å². The molecule has 0 saturated carbocycles. The van der Waals surface area contributed by atoms with Crippen molar-refractivity contribution < 1.29 is 9.47 Å². The van der Waals surface area contributed by atoms with E-state index in [1.54, 1.807) is 10.9 Å². The van der Waals surface area contributed by atoms with Crippen molar-refractivity contribution in [2.45, 2.75) is 13.8 Å². The number of morpholine rings is 2. The number of nitrogens with one attached hydrogen (secondary N) is 3. The summed E-state index contributed by atoms with van der Waals surface area (Å²) in [7, 11) is 1.91. The predicted molar refractivity (Wildman–Crippen MR) is 279 cm³/mol. The summed E-state index contributed by atoms with van der Waals surface area (Å²) in [6.07, 6.45) is 10.5. The Bertz CT molecular complexity index is 3940. The van der Waals surface area contributed by atoms with Crippen LogP contribution in [0.3, 0.4) is 0 Å². The Morgan fingerprint density at radius 3 is 1.51 bits per heavy atom. The summed E-state index contributed by atoms with van der Waals surface area (Å²) < 4.78 is 17.4. The fourth-order valence-electron chi connectivity index (χ4n) is 10.1. The highest BCUT2D eigenvalue weighted by atomic mass is 16.5. The number of rotatable bonds is 8. The monoisotopic (exact) mass is 968 g/mol. The number of hydrogen-bond donors (Lipinski definition) is 3. The molecule has 4 aromatic carbocycles. The first-order valence-electron chi connectivity index (χ1n) is 24.1. The van der Waals surface area contributed by atoms with Crippen molar-refractivity contribution in [3.05, 3.63) is 134 Å². The molecule has 8 aromatic heterocycles. The summed E-state index contributed by atoms with van der Waals surface area (Å²) in [6.45, 7) is 10.2. The fraction of sp³-hybridized carbons (Fsp3) is 0.208. The lowest BCUT2D eigenvalue weighted by molar-refractivity contribution is 0.122. The lowest BCUT2D eigenvalue weighted by atomic mass is 10.1. The average molecular weight is 969 g/mol. The van der Waals surface area contributed by atoms with Gasteiger partial charge in [0, 0.05) is 90.0 Å². The molecule has 2 aliphatic rings. The minimum atomic E-state index is 0.693. The van der Waals surface area contributed by atoms with Crippen LogP contribution in [0.15, 0.2) is 122 Å². The van der Waals surface area contributed by atoms with Gasteiger partial charge in [0.05, 0.1) is 83.7 Å². The molecule has 362 valence electrons. The highest BCUT2D eigenvalue weighted by Gasteiger charge is 2.24. The third kappa shape index (κ3) is 7.98. The zero-order chi connectivity index (χ0) is 49.0. The predicted octanol–water partition coefficient (Wildman–Crippen LogP) is 7.80. The number of H-pyrrole nitrogens is 3. The Kier molecular flexibility index (Phi) is 11.0. The number of aromatic amines is 3. The summed E-state index contributed by atoms with van der Waals surface area (Å²) >= 11 is 0. The summed E-state index contributed by atoms with van der Waals surface area (Å²) in [6, 6.07) is 29.4. The van der Waals surface area contributed by atoms with Crippen LogP contribution in [-0.2, 0) is 16.5 Å². The van der Waals surface area contributed by atoms with Crippen molar-refractivity contribution in [2.75, 3.05) is 62.4 Å². The van der Waals surface area contributed by atoms with Gasteiger partial charge in [-0.25, -0.2) is 29.9 Å². The molecule has 12 aromatic rings. The van der Waals surface area contributed by atoms with Gasteiger partial charge in [-0.1, -0.05) is 36.4 Å². The third-order valence-corrected chi connectivity index (χ3v) is 13.6. The van der Waals surface area contributed by atoms with Gasteiger partial charge >= 0.3 is 0 Å². The molecule has 3 N–H and O–H groups in total.